The Morgan fingerprint density at radius 1 is 1.42 bits per heavy atom. The van der Waals surface area contributed by atoms with Gasteiger partial charge in [-0.15, -0.1) is 0 Å². The fourth-order valence-corrected chi connectivity index (χ4v) is 1.65. The Kier molecular flexibility index (Phi) is 7.14. The molecule has 0 bridgehead atoms. The van der Waals surface area contributed by atoms with Crippen molar-refractivity contribution in [1.29, 1.82) is 0 Å². The van der Waals surface area contributed by atoms with Gasteiger partial charge in [0.2, 0.25) is 0 Å². The number of hydrogen-bond acceptors (Lipinski definition) is 3. The summed E-state index contributed by atoms with van der Waals surface area (Å²) in [6.45, 7) is 4.11. The molecule has 0 aliphatic heterocycles. The maximum atomic E-state index is 13.2. The van der Waals surface area contributed by atoms with Crippen LogP contribution < -0.4 is 15.4 Å². The van der Waals surface area contributed by atoms with Crippen LogP contribution in [-0.2, 0) is 4.74 Å². The lowest BCUT2D eigenvalue weighted by Crippen LogP contribution is -2.29. The van der Waals surface area contributed by atoms with E-state index in [1.54, 1.807) is 12.1 Å². The predicted molar refractivity (Wildman–Crippen MR) is 78.3 cm³/mol. The zero-order valence-electron chi connectivity index (χ0n) is 11.2. The molecule has 0 atom stereocenters. The highest BCUT2D eigenvalue weighted by Gasteiger charge is 2.04. The molecule has 1 rings (SSSR count). The molecule has 0 amide bonds. The first kappa shape index (κ1) is 15.7. The van der Waals surface area contributed by atoms with E-state index in [4.69, 9.17) is 21.7 Å². The van der Waals surface area contributed by atoms with Crippen molar-refractivity contribution in [2.24, 2.45) is 0 Å². The minimum absolute atomic E-state index is 0.184. The average Bonchev–Trinajstić information content (AvgIpc) is 2.40. The van der Waals surface area contributed by atoms with Gasteiger partial charge in [0, 0.05) is 31.5 Å². The van der Waals surface area contributed by atoms with Crippen molar-refractivity contribution in [3.05, 3.63) is 24.0 Å². The summed E-state index contributed by atoms with van der Waals surface area (Å²) in [6, 6.07) is 4.49. The van der Waals surface area contributed by atoms with E-state index in [0.29, 0.717) is 17.4 Å². The SMILES string of the molecule is CCOCCCNC(=S)Nc1ccc(F)c(OC)c1. The maximum absolute atomic E-state index is 13.2. The van der Waals surface area contributed by atoms with Gasteiger partial charge in [-0.3, -0.25) is 0 Å². The van der Waals surface area contributed by atoms with Gasteiger partial charge >= 0.3 is 0 Å². The van der Waals surface area contributed by atoms with Crippen molar-refractivity contribution in [3.8, 4) is 5.75 Å². The molecule has 0 saturated carbocycles. The number of benzene rings is 1. The number of halogens is 1. The number of nitrogens with one attached hydrogen (secondary N) is 2. The highest BCUT2D eigenvalue weighted by Crippen LogP contribution is 2.21. The zero-order valence-corrected chi connectivity index (χ0v) is 12.0. The maximum Gasteiger partial charge on any atom is 0.170 e. The van der Waals surface area contributed by atoms with E-state index in [0.717, 1.165) is 19.6 Å². The number of rotatable bonds is 7. The van der Waals surface area contributed by atoms with Gasteiger partial charge in [-0.1, -0.05) is 0 Å². The molecule has 0 radical (unpaired) electrons. The third kappa shape index (κ3) is 5.85. The minimum atomic E-state index is -0.399. The van der Waals surface area contributed by atoms with Gasteiger partial charge in [0.15, 0.2) is 16.7 Å². The number of hydrogen-bond donors (Lipinski definition) is 2. The molecule has 0 heterocycles. The Morgan fingerprint density at radius 3 is 2.89 bits per heavy atom. The third-order valence-corrected chi connectivity index (χ3v) is 2.61. The van der Waals surface area contributed by atoms with Crippen LogP contribution in [0.2, 0.25) is 0 Å². The van der Waals surface area contributed by atoms with E-state index < -0.39 is 5.82 Å². The van der Waals surface area contributed by atoms with E-state index in [2.05, 4.69) is 10.6 Å². The molecule has 0 aliphatic rings. The number of thiocarbonyl (C=S) groups is 1. The molecule has 106 valence electrons. The molecule has 0 unspecified atom stereocenters. The standard InChI is InChI=1S/C13H19FN2O2S/c1-3-18-8-4-7-15-13(19)16-10-5-6-11(14)12(9-10)17-2/h5-6,9H,3-4,7-8H2,1-2H3,(H2,15,16,19). The molecule has 0 aliphatic carbocycles. The van der Waals surface area contributed by atoms with Crippen LogP contribution in [0.5, 0.6) is 5.75 Å². The Bertz CT molecular complexity index is 416. The van der Waals surface area contributed by atoms with Crippen molar-refractivity contribution in [3.63, 3.8) is 0 Å². The first-order valence-electron chi connectivity index (χ1n) is 6.13. The van der Waals surface area contributed by atoms with Gasteiger partial charge in [-0.05, 0) is 37.7 Å². The van der Waals surface area contributed by atoms with Crippen molar-refractivity contribution in [2.75, 3.05) is 32.2 Å². The summed E-state index contributed by atoms with van der Waals surface area (Å²) in [4.78, 5) is 0. The molecule has 19 heavy (non-hydrogen) atoms. The fourth-order valence-electron chi connectivity index (χ4n) is 1.43. The Balaban J connectivity index is 2.35. The highest BCUT2D eigenvalue weighted by molar-refractivity contribution is 7.80. The van der Waals surface area contributed by atoms with Crippen LogP contribution >= 0.6 is 12.2 Å². The molecule has 6 heteroatoms. The minimum Gasteiger partial charge on any atom is -0.494 e. The summed E-state index contributed by atoms with van der Waals surface area (Å²) < 4.78 is 23.3. The fraction of sp³-hybridized carbons (Fsp3) is 0.462. The van der Waals surface area contributed by atoms with Crippen molar-refractivity contribution in [2.45, 2.75) is 13.3 Å². The second kappa shape index (κ2) is 8.66. The Morgan fingerprint density at radius 2 is 2.21 bits per heavy atom. The van der Waals surface area contributed by atoms with Crippen molar-refractivity contribution in [1.82, 2.24) is 5.32 Å². The summed E-state index contributed by atoms with van der Waals surface area (Å²) in [5, 5.41) is 6.51. The van der Waals surface area contributed by atoms with E-state index in [1.807, 2.05) is 6.92 Å². The van der Waals surface area contributed by atoms with E-state index in [-0.39, 0.29) is 5.75 Å². The van der Waals surface area contributed by atoms with Crippen LogP contribution in [0.25, 0.3) is 0 Å². The summed E-state index contributed by atoms with van der Waals surface area (Å²) in [5.41, 5.74) is 0.681. The highest BCUT2D eigenvalue weighted by atomic mass is 32.1. The second-order valence-corrected chi connectivity index (χ2v) is 4.19. The second-order valence-electron chi connectivity index (χ2n) is 3.78. The topological polar surface area (TPSA) is 42.5 Å². The lowest BCUT2D eigenvalue weighted by atomic mass is 10.3. The van der Waals surface area contributed by atoms with Crippen LogP contribution in [0, 0.1) is 5.82 Å². The normalized spacial score (nSPS) is 10.1. The van der Waals surface area contributed by atoms with E-state index in [1.165, 1.54) is 13.2 Å². The first-order valence-corrected chi connectivity index (χ1v) is 6.54. The van der Waals surface area contributed by atoms with Gasteiger partial charge in [-0.2, -0.15) is 0 Å². The van der Waals surface area contributed by atoms with Crippen molar-refractivity contribution >= 4 is 23.0 Å². The van der Waals surface area contributed by atoms with Crippen LogP contribution in [-0.4, -0.2) is 32.0 Å². The van der Waals surface area contributed by atoms with Crippen LogP contribution in [0.15, 0.2) is 18.2 Å². The summed E-state index contributed by atoms with van der Waals surface area (Å²) >= 11 is 5.13. The van der Waals surface area contributed by atoms with Crippen LogP contribution in [0.4, 0.5) is 10.1 Å². The number of ether oxygens (including phenoxy) is 2. The smallest absolute Gasteiger partial charge is 0.170 e. The number of anilines is 1. The molecule has 0 spiro atoms. The van der Waals surface area contributed by atoms with Gasteiger partial charge in [0.25, 0.3) is 0 Å². The van der Waals surface area contributed by atoms with E-state index in [9.17, 15) is 4.39 Å². The van der Waals surface area contributed by atoms with Gasteiger partial charge < -0.3 is 20.1 Å². The molecule has 1 aromatic rings. The molecule has 4 nitrogen and oxygen atoms in total. The van der Waals surface area contributed by atoms with Gasteiger partial charge in [-0.25, -0.2) is 4.39 Å². The van der Waals surface area contributed by atoms with Gasteiger partial charge in [0.05, 0.1) is 7.11 Å². The van der Waals surface area contributed by atoms with Crippen LogP contribution in [0.3, 0.4) is 0 Å². The average molecular weight is 286 g/mol. The predicted octanol–water partition coefficient (Wildman–Crippen LogP) is 2.55. The summed E-state index contributed by atoms with van der Waals surface area (Å²) in [6.07, 6.45) is 0.877. The van der Waals surface area contributed by atoms with E-state index >= 15 is 0 Å². The quantitative estimate of drug-likeness (QED) is 0.595. The summed E-state index contributed by atoms with van der Waals surface area (Å²) in [5.74, 6) is -0.215. The lowest BCUT2D eigenvalue weighted by molar-refractivity contribution is 0.146. The van der Waals surface area contributed by atoms with Gasteiger partial charge in [0.1, 0.15) is 0 Å². The molecule has 2 N–H and O–H groups in total. The molecule has 1 aromatic carbocycles. The third-order valence-electron chi connectivity index (χ3n) is 2.36. The largest absolute Gasteiger partial charge is 0.494 e. The lowest BCUT2D eigenvalue weighted by Gasteiger charge is -2.11. The monoisotopic (exact) mass is 286 g/mol. The molecule has 0 fully saturated rings. The van der Waals surface area contributed by atoms with Crippen molar-refractivity contribution < 1.29 is 13.9 Å². The zero-order chi connectivity index (χ0) is 14.1. The summed E-state index contributed by atoms with van der Waals surface area (Å²) in [7, 11) is 1.42. The van der Waals surface area contributed by atoms with Crippen LogP contribution in [0.1, 0.15) is 13.3 Å². The number of methoxy groups -OCH3 is 1. The molecular weight excluding hydrogens is 267 g/mol. The molecule has 0 saturated heterocycles. The molecular formula is C13H19FN2O2S. The molecule has 0 aromatic heterocycles. The Hall–Kier alpha value is -1.40. The Labute approximate surface area is 118 Å². The first-order chi connectivity index (χ1) is 9.17.